The van der Waals surface area contributed by atoms with Crippen molar-refractivity contribution in [2.45, 2.75) is 37.0 Å². The van der Waals surface area contributed by atoms with Crippen molar-refractivity contribution < 1.29 is 0 Å². The van der Waals surface area contributed by atoms with Crippen LogP contribution in [0.25, 0.3) is 0 Å². The van der Waals surface area contributed by atoms with Gasteiger partial charge >= 0.3 is 152 Å². The first-order valence-electron chi connectivity index (χ1n) is 5.76. The second-order valence-electron chi connectivity index (χ2n) is 6.64. The molecule has 0 fully saturated rings. The molecule has 8 heteroatoms. The third-order valence-electron chi connectivity index (χ3n) is 3.57. The monoisotopic (exact) mass is 927 g/mol. The van der Waals surface area contributed by atoms with Gasteiger partial charge in [-0.15, -0.1) is 0 Å². The summed E-state index contributed by atoms with van der Waals surface area (Å²) in [6.45, 7) is 0. The van der Waals surface area contributed by atoms with Crippen molar-refractivity contribution in [3.8, 4) is 0 Å². The van der Waals surface area contributed by atoms with E-state index in [2.05, 4.69) is 90.3 Å². The van der Waals surface area contributed by atoms with E-state index in [-0.39, 0.29) is 0 Å². The normalized spacial score (nSPS) is 16.2. The molecule has 0 aliphatic carbocycles. The summed E-state index contributed by atoms with van der Waals surface area (Å²) in [4.78, 5) is 20.8. The molecule has 0 N–H and O–H groups in total. The molecule has 0 saturated heterocycles. The summed E-state index contributed by atoms with van der Waals surface area (Å²) in [5, 5.41) is 0. The van der Waals surface area contributed by atoms with Gasteiger partial charge in [0.05, 0.1) is 0 Å². The topological polar surface area (TPSA) is 0 Å². The van der Waals surface area contributed by atoms with Gasteiger partial charge in [-0.2, -0.15) is 0 Å². The maximum absolute atomic E-state index is 4.29. The van der Waals surface area contributed by atoms with E-state index in [0.29, 0.717) is 0 Å². The van der Waals surface area contributed by atoms with Gasteiger partial charge in [-0.3, -0.25) is 0 Å². The molecule has 0 atom stereocenters. The van der Waals surface area contributed by atoms with Crippen LogP contribution in [0, 0.1) is 0 Å². The molecule has 104 valence electrons. The van der Waals surface area contributed by atoms with Crippen LogP contribution < -0.4 is 0 Å². The van der Waals surface area contributed by atoms with E-state index in [1.165, 1.54) is 0 Å². The Labute approximate surface area is 148 Å². The molecule has 0 heterocycles. The molecule has 0 bridgehead atoms. The number of hydrogen-bond donors (Lipinski definition) is 0. The molecular weight excluding hydrogens is 903 g/mol. The van der Waals surface area contributed by atoms with Crippen LogP contribution in [0.3, 0.4) is 0 Å². The van der Waals surface area contributed by atoms with Gasteiger partial charge in [-0.25, -0.2) is 0 Å². The van der Waals surface area contributed by atoms with Crippen LogP contribution in [0.1, 0.15) is 0 Å². The maximum atomic E-state index is 4.29. The summed E-state index contributed by atoms with van der Waals surface area (Å²) in [5.74, 6) is 0. The summed E-state index contributed by atoms with van der Waals surface area (Å²) >= 11 is 8.29. The van der Waals surface area contributed by atoms with Crippen molar-refractivity contribution >= 4 is 115 Å². The minimum atomic E-state index is -2.22. The number of hydrogen-bond acceptors (Lipinski definition) is 0. The average molecular weight is 927 g/mol. The summed E-state index contributed by atoms with van der Waals surface area (Å²) in [6.07, 6.45) is 0. The van der Waals surface area contributed by atoms with Gasteiger partial charge in [-0.05, 0) is 0 Å². The van der Waals surface area contributed by atoms with Crippen LogP contribution in [-0.4, -0.2) is 64.6 Å². The fourth-order valence-corrected chi connectivity index (χ4v) is 530. The molecule has 0 aliphatic heterocycles. The van der Waals surface area contributed by atoms with Crippen LogP contribution in [-0.2, 0) is 0 Å². The van der Waals surface area contributed by atoms with Crippen molar-refractivity contribution in [3.63, 3.8) is 0 Å². The van der Waals surface area contributed by atoms with Gasteiger partial charge in [0, 0.05) is 0 Å². The summed E-state index contributed by atoms with van der Waals surface area (Å²) in [6, 6.07) is 0. The molecule has 0 aromatic heterocycles. The van der Waals surface area contributed by atoms with Gasteiger partial charge in [-0.1, -0.05) is 0 Å². The van der Waals surface area contributed by atoms with E-state index in [1.807, 2.05) is 0 Å². The van der Waals surface area contributed by atoms with E-state index in [9.17, 15) is 0 Å². The third kappa shape index (κ3) is 4.56. The summed E-state index contributed by atoms with van der Waals surface area (Å²) in [7, 11) is 0. The van der Waals surface area contributed by atoms with Crippen molar-refractivity contribution in [3.05, 3.63) is 0 Å². The first-order valence-corrected chi connectivity index (χ1v) is 59.9. The molecule has 0 aromatic rings. The van der Waals surface area contributed by atoms with Crippen LogP contribution in [0.15, 0.2) is 0 Å². The Balaban J connectivity index is 6.37. The SMILES string of the molecule is [CH3][Sn]([CH3])([Br])[C]([Sn]([CH3])([CH3])[Br])([Sn]([CH3])([CH3])[Br])[Sn]([CH3])([CH3])[Br]. The molecule has 0 amide bonds. The molecule has 17 heavy (non-hydrogen) atoms. The third-order valence-corrected chi connectivity index (χ3v) is 268. The van der Waals surface area contributed by atoms with E-state index >= 15 is 0 Å². The van der Waals surface area contributed by atoms with Crippen molar-refractivity contribution in [1.82, 2.24) is 0 Å². The van der Waals surface area contributed by atoms with Crippen molar-refractivity contribution in [1.29, 1.82) is 0 Å². The second-order valence-corrected chi connectivity index (χ2v) is 126. The van der Waals surface area contributed by atoms with Crippen molar-refractivity contribution in [2.75, 3.05) is 0 Å². The Bertz CT molecular complexity index is 218. The van der Waals surface area contributed by atoms with Gasteiger partial charge < -0.3 is 0 Å². The van der Waals surface area contributed by atoms with E-state index in [0.717, 1.165) is -2.52 Å². The van der Waals surface area contributed by atoms with E-state index in [4.69, 9.17) is 0 Å². The van der Waals surface area contributed by atoms with Gasteiger partial charge in [0.1, 0.15) is 0 Å². The van der Waals surface area contributed by atoms with Crippen LogP contribution in [0.4, 0.5) is 0 Å². The first kappa shape index (κ1) is 22.1. The van der Waals surface area contributed by atoms with Crippen LogP contribution >= 0.6 is 50.8 Å². The molecule has 0 nitrogen and oxygen atoms in total. The number of rotatable bonds is 4. The molecule has 0 rings (SSSR count). The minimum absolute atomic E-state index is 0.757. The average Bonchev–Trinajstić information content (AvgIpc) is 1.67. The Morgan fingerprint density at radius 2 is 0.588 bits per heavy atom. The summed E-state index contributed by atoms with van der Waals surface area (Å²) in [5.41, 5.74) is 0. The predicted molar refractivity (Wildman–Crippen MR) is 108 cm³/mol. The zero-order valence-corrected chi connectivity index (χ0v) is 29.8. The standard InChI is InChI=1S/8CH3.C.4BrH.4Sn/h8*1H3;;4*1H;;;;/q;;;;;;;;;;;;;4*+1/p-4. The van der Waals surface area contributed by atoms with Crippen LogP contribution in [0.5, 0.6) is 0 Å². The van der Waals surface area contributed by atoms with Gasteiger partial charge in [0.25, 0.3) is 0 Å². The predicted octanol–water partition coefficient (Wildman–Crippen LogP) is 6.74. The first-order chi connectivity index (χ1) is 7.00. The van der Waals surface area contributed by atoms with Gasteiger partial charge in [0.15, 0.2) is 0 Å². The quantitative estimate of drug-likeness (QED) is 0.275. The molecule has 0 aromatic carbocycles. The Hall–Kier alpha value is 5.11. The van der Waals surface area contributed by atoms with E-state index < -0.39 is 64.6 Å². The Morgan fingerprint density at radius 1 is 0.471 bits per heavy atom. The molecule has 0 aliphatic rings. The summed E-state index contributed by atoms with van der Waals surface area (Å²) < 4.78 is 0.757. The van der Waals surface area contributed by atoms with Crippen molar-refractivity contribution in [2.24, 2.45) is 0 Å². The molecular formula is C9H24Br4Sn4. The zero-order valence-electron chi connectivity index (χ0n) is 12.0. The molecule has 0 spiro atoms. The van der Waals surface area contributed by atoms with E-state index in [1.54, 1.807) is 0 Å². The van der Waals surface area contributed by atoms with Gasteiger partial charge in [0.2, 0.25) is 0 Å². The Morgan fingerprint density at radius 3 is 0.588 bits per heavy atom. The molecule has 0 saturated carbocycles. The zero-order chi connectivity index (χ0) is 14.5. The Kier molecular flexibility index (Phi) is 9.01. The fraction of sp³-hybridized carbons (Fsp3) is 1.00. The fourth-order valence-electron chi connectivity index (χ4n) is 4.24. The molecule has 0 unspecified atom stereocenters. The second kappa shape index (κ2) is 6.93. The van der Waals surface area contributed by atoms with Crippen LogP contribution in [0.2, 0.25) is 37.0 Å². The molecule has 0 radical (unpaired) electrons. The number of halogens is 4.